The Kier molecular flexibility index (Phi) is 10.3. The summed E-state index contributed by atoms with van der Waals surface area (Å²) in [7, 11) is 0. The van der Waals surface area contributed by atoms with Gasteiger partial charge in [0.2, 0.25) is 0 Å². The Hall–Kier alpha value is -0.820. The van der Waals surface area contributed by atoms with E-state index in [0.717, 1.165) is 18.6 Å². The molecule has 0 aliphatic carbocycles. The van der Waals surface area contributed by atoms with Crippen LogP contribution in [0.25, 0.3) is 0 Å². The van der Waals surface area contributed by atoms with Crippen LogP contribution >= 0.6 is 0 Å². The Balaban J connectivity index is 1.64. The van der Waals surface area contributed by atoms with Gasteiger partial charge in [-0.1, -0.05) is 101 Å². The second-order valence-electron chi connectivity index (χ2n) is 8.21. The summed E-state index contributed by atoms with van der Waals surface area (Å²) in [5, 5.41) is 0. The number of rotatable bonds is 12. The van der Waals surface area contributed by atoms with Crippen molar-refractivity contribution in [3.05, 3.63) is 35.9 Å². The summed E-state index contributed by atoms with van der Waals surface area (Å²) >= 11 is 0. The van der Waals surface area contributed by atoms with Crippen LogP contribution in [-0.2, 0) is 6.54 Å². The van der Waals surface area contributed by atoms with Gasteiger partial charge in [0.25, 0.3) is 0 Å². The van der Waals surface area contributed by atoms with Crippen molar-refractivity contribution in [3.8, 4) is 0 Å². The minimum Gasteiger partial charge on any atom is -0.293 e. The second-order valence-corrected chi connectivity index (χ2v) is 8.21. The van der Waals surface area contributed by atoms with E-state index in [-0.39, 0.29) is 0 Å². The fourth-order valence-electron chi connectivity index (χ4n) is 4.42. The predicted molar refractivity (Wildman–Crippen MR) is 111 cm³/mol. The summed E-state index contributed by atoms with van der Waals surface area (Å²) in [5.41, 5.74) is 1.48. The van der Waals surface area contributed by atoms with E-state index in [1.165, 1.54) is 89.0 Å². The Morgan fingerprint density at radius 3 is 2.16 bits per heavy atom. The number of piperidine rings is 1. The normalized spacial score (nSPS) is 21.5. The first-order chi connectivity index (χ1) is 12.3. The zero-order valence-corrected chi connectivity index (χ0v) is 16.9. The minimum absolute atomic E-state index is 0.748. The van der Waals surface area contributed by atoms with Crippen LogP contribution in [0.15, 0.2) is 30.3 Å². The summed E-state index contributed by atoms with van der Waals surface area (Å²) < 4.78 is 0. The van der Waals surface area contributed by atoms with Gasteiger partial charge in [-0.05, 0) is 31.7 Å². The van der Waals surface area contributed by atoms with Gasteiger partial charge in [-0.15, -0.1) is 0 Å². The molecule has 0 radical (unpaired) electrons. The molecule has 1 aliphatic rings. The Bertz CT molecular complexity index is 427. The van der Waals surface area contributed by atoms with Crippen molar-refractivity contribution < 1.29 is 0 Å². The lowest BCUT2D eigenvalue weighted by molar-refractivity contribution is 0.0773. The molecular formula is C24H41N. The van der Waals surface area contributed by atoms with Gasteiger partial charge in [0.1, 0.15) is 0 Å². The lowest BCUT2D eigenvalue weighted by Gasteiger charge is -2.41. The van der Waals surface area contributed by atoms with E-state index in [9.17, 15) is 0 Å². The summed E-state index contributed by atoms with van der Waals surface area (Å²) in [6, 6.07) is 12.6. The summed E-state index contributed by atoms with van der Waals surface area (Å²) in [4.78, 5) is 2.80. The van der Waals surface area contributed by atoms with Gasteiger partial charge in [-0.3, -0.25) is 4.90 Å². The molecule has 1 heterocycles. The highest BCUT2D eigenvalue weighted by Gasteiger charge is 2.27. The molecule has 1 aromatic rings. The molecular weight excluding hydrogens is 302 g/mol. The smallest absolute Gasteiger partial charge is 0.0239 e. The van der Waals surface area contributed by atoms with E-state index in [0.29, 0.717) is 0 Å². The third-order valence-corrected chi connectivity index (χ3v) is 6.04. The van der Waals surface area contributed by atoms with E-state index >= 15 is 0 Å². The van der Waals surface area contributed by atoms with Crippen LogP contribution in [0.2, 0.25) is 0 Å². The highest BCUT2D eigenvalue weighted by atomic mass is 15.2. The highest BCUT2D eigenvalue weighted by Crippen LogP contribution is 2.28. The van der Waals surface area contributed by atoms with Crippen molar-refractivity contribution >= 4 is 0 Å². The van der Waals surface area contributed by atoms with Gasteiger partial charge in [-0.25, -0.2) is 0 Å². The second kappa shape index (κ2) is 12.5. The SMILES string of the molecule is CCCCCCCCCCC[C@@H]1CCC[C@@H](C)N1Cc1ccccc1. The number of nitrogens with zero attached hydrogens (tertiary/aromatic N) is 1. The highest BCUT2D eigenvalue weighted by molar-refractivity contribution is 5.15. The Morgan fingerprint density at radius 1 is 0.840 bits per heavy atom. The molecule has 0 spiro atoms. The molecule has 2 rings (SSSR count). The molecule has 1 aromatic carbocycles. The summed E-state index contributed by atoms with van der Waals surface area (Å²) in [6.45, 7) is 5.88. The molecule has 0 aromatic heterocycles. The maximum Gasteiger partial charge on any atom is 0.0239 e. The van der Waals surface area contributed by atoms with Gasteiger partial charge in [0.15, 0.2) is 0 Å². The maximum absolute atomic E-state index is 2.80. The predicted octanol–water partition coefficient (Wildman–Crippen LogP) is 7.35. The number of unbranched alkanes of at least 4 members (excludes halogenated alkanes) is 8. The zero-order chi connectivity index (χ0) is 17.7. The lowest BCUT2D eigenvalue weighted by Crippen LogP contribution is -2.44. The molecule has 0 unspecified atom stereocenters. The van der Waals surface area contributed by atoms with Crippen molar-refractivity contribution in [1.29, 1.82) is 0 Å². The molecule has 0 N–H and O–H groups in total. The minimum atomic E-state index is 0.748. The van der Waals surface area contributed by atoms with Crippen molar-refractivity contribution in [2.24, 2.45) is 0 Å². The third kappa shape index (κ3) is 7.94. The molecule has 25 heavy (non-hydrogen) atoms. The molecule has 1 aliphatic heterocycles. The topological polar surface area (TPSA) is 3.24 Å². The lowest BCUT2D eigenvalue weighted by atomic mass is 9.92. The van der Waals surface area contributed by atoms with Crippen LogP contribution in [-0.4, -0.2) is 17.0 Å². The van der Waals surface area contributed by atoms with Crippen LogP contribution in [0, 0.1) is 0 Å². The fraction of sp³-hybridized carbons (Fsp3) is 0.750. The standard InChI is InChI=1S/C24H41N/c1-3-4-5-6-7-8-9-10-14-19-24-20-15-16-22(2)25(24)21-23-17-12-11-13-18-23/h11-13,17-18,22,24H,3-10,14-16,19-21H2,1-2H3/t22-,24-/m1/s1. The monoisotopic (exact) mass is 343 g/mol. The molecule has 1 heteroatoms. The molecule has 0 saturated carbocycles. The Labute approximate surface area is 157 Å². The average molecular weight is 344 g/mol. The number of hydrogen-bond acceptors (Lipinski definition) is 1. The fourth-order valence-corrected chi connectivity index (χ4v) is 4.42. The molecule has 1 fully saturated rings. The van der Waals surface area contributed by atoms with Crippen LogP contribution in [0.5, 0.6) is 0 Å². The van der Waals surface area contributed by atoms with E-state index in [1.54, 1.807) is 0 Å². The quantitative estimate of drug-likeness (QED) is 0.358. The molecule has 0 bridgehead atoms. The summed E-state index contributed by atoms with van der Waals surface area (Å²) in [6.07, 6.45) is 18.6. The summed E-state index contributed by atoms with van der Waals surface area (Å²) in [5.74, 6) is 0. The van der Waals surface area contributed by atoms with Crippen LogP contribution in [0.3, 0.4) is 0 Å². The number of hydrogen-bond donors (Lipinski definition) is 0. The molecule has 142 valence electrons. The van der Waals surface area contributed by atoms with Crippen LogP contribution in [0.4, 0.5) is 0 Å². The van der Waals surface area contributed by atoms with Crippen LogP contribution < -0.4 is 0 Å². The van der Waals surface area contributed by atoms with E-state index in [4.69, 9.17) is 0 Å². The van der Waals surface area contributed by atoms with Gasteiger partial charge in [0.05, 0.1) is 0 Å². The zero-order valence-electron chi connectivity index (χ0n) is 16.9. The first-order valence-corrected chi connectivity index (χ1v) is 11.1. The number of benzene rings is 1. The van der Waals surface area contributed by atoms with Crippen LogP contribution in [0.1, 0.15) is 103 Å². The van der Waals surface area contributed by atoms with Gasteiger partial charge < -0.3 is 0 Å². The molecule has 0 amide bonds. The van der Waals surface area contributed by atoms with E-state index in [2.05, 4.69) is 49.1 Å². The van der Waals surface area contributed by atoms with Crippen molar-refractivity contribution in [2.75, 3.05) is 0 Å². The van der Waals surface area contributed by atoms with Crippen molar-refractivity contribution in [2.45, 2.75) is 116 Å². The van der Waals surface area contributed by atoms with Gasteiger partial charge >= 0.3 is 0 Å². The van der Waals surface area contributed by atoms with Gasteiger partial charge in [-0.2, -0.15) is 0 Å². The largest absolute Gasteiger partial charge is 0.293 e. The molecule has 1 nitrogen and oxygen atoms in total. The first kappa shape index (κ1) is 20.5. The maximum atomic E-state index is 2.80. The third-order valence-electron chi connectivity index (χ3n) is 6.04. The van der Waals surface area contributed by atoms with E-state index in [1.807, 2.05) is 0 Å². The molecule has 1 saturated heterocycles. The van der Waals surface area contributed by atoms with Gasteiger partial charge in [0, 0.05) is 18.6 Å². The van der Waals surface area contributed by atoms with E-state index < -0.39 is 0 Å². The first-order valence-electron chi connectivity index (χ1n) is 11.1. The van der Waals surface area contributed by atoms with Crippen molar-refractivity contribution in [3.63, 3.8) is 0 Å². The van der Waals surface area contributed by atoms with Crippen molar-refractivity contribution in [1.82, 2.24) is 4.90 Å². The Morgan fingerprint density at radius 2 is 1.48 bits per heavy atom. The average Bonchev–Trinajstić information content (AvgIpc) is 2.64. The molecule has 2 atom stereocenters. The number of likely N-dealkylation sites (tertiary alicyclic amines) is 1.